The molecule has 2 nitrogen and oxygen atoms in total. The lowest BCUT2D eigenvalue weighted by atomic mass is 9.95. The minimum absolute atomic E-state index is 0.322. The number of rotatable bonds is 8. The predicted molar refractivity (Wildman–Crippen MR) is 87.5 cm³/mol. The van der Waals surface area contributed by atoms with Gasteiger partial charge in [-0.1, -0.05) is 39.8 Å². The van der Waals surface area contributed by atoms with Gasteiger partial charge in [0.25, 0.3) is 0 Å². The summed E-state index contributed by atoms with van der Waals surface area (Å²) in [5.41, 5.74) is 8.82. The fourth-order valence-electron chi connectivity index (χ4n) is 2.37. The monoisotopic (exact) mass is 277 g/mol. The van der Waals surface area contributed by atoms with Gasteiger partial charge in [0.1, 0.15) is 5.75 Å². The van der Waals surface area contributed by atoms with Gasteiger partial charge in [-0.15, -0.1) is 0 Å². The van der Waals surface area contributed by atoms with E-state index in [-0.39, 0.29) is 0 Å². The van der Waals surface area contributed by atoms with E-state index in [9.17, 15) is 0 Å². The van der Waals surface area contributed by atoms with Gasteiger partial charge in [0, 0.05) is 6.04 Å². The zero-order chi connectivity index (χ0) is 15.1. The van der Waals surface area contributed by atoms with E-state index in [4.69, 9.17) is 10.5 Å². The molecule has 0 aliphatic heterocycles. The molecular weight excluding hydrogens is 246 g/mol. The van der Waals surface area contributed by atoms with E-state index in [1.165, 1.54) is 11.1 Å². The van der Waals surface area contributed by atoms with Crippen molar-refractivity contribution in [3.8, 4) is 5.75 Å². The molecule has 0 saturated carbocycles. The topological polar surface area (TPSA) is 35.2 Å². The Kier molecular flexibility index (Phi) is 7.08. The number of ether oxygens (including phenoxy) is 1. The first-order chi connectivity index (χ1) is 9.45. The molecule has 0 spiro atoms. The summed E-state index contributed by atoms with van der Waals surface area (Å²) in [5, 5.41) is 0. The number of benzene rings is 1. The smallest absolute Gasteiger partial charge is 0.122 e. The molecule has 0 aliphatic rings. The summed E-state index contributed by atoms with van der Waals surface area (Å²) in [5.74, 6) is 2.10. The van der Waals surface area contributed by atoms with Gasteiger partial charge in [-0.3, -0.25) is 0 Å². The number of hydrogen-bond donors (Lipinski definition) is 1. The third kappa shape index (κ3) is 5.16. The lowest BCUT2D eigenvalue weighted by Crippen LogP contribution is -2.26. The summed E-state index contributed by atoms with van der Waals surface area (Å²) in [6.07, 6.45) is 3.36. The van der Waals surface area contributed by atoms with Gasteiger partial charge in [0.2, 0.25) is 0 Å². The summed E-state index contributed by atoms with van der Waals surface area (Å²) in [7, 11) is 0. The van der Waals surface area contributed by atoms with E-state index in [0.29, 0.717) is 17.9 Å². The molecule has 2 N–H and O–H groups in total. The van der Waals surface area contributed by atoms with Crippen molar-refractivity contribution in [3.05, 3.63) is 29.3 Å². The number of hydrogen-bond acceptors (Lipinski definition) is 2. The van der Waals surface area contributed by atoms with Gasteiger partial charge < -0.3 is 10.5 Å². The molecule has 20 heavy (non-hydrogen) atoms. The van der Waals surface area contributed by atoms with E-state index >= 15 is 0 Å². The van der Waals surface area contributed by atoms with Gasteiger partial charge >= 0.3 is 0 Å². The maximum Gasteiger partial charge on any atom is 0.122 e. The normalized spacial score (nSPS) is 13.0. The maximum atomic E-state index is 6.10. The van der Waals surface area contributed by atoms with Crippen LogP contribution in [-0.4, -0.2) is 12.6 Å². The molecule has 0 saturated heterocycles. The number of nitrogens with two attached hydrogens (primary N) is 1. The highest BCUT2D eigenvalue weighted by molar-refractivity contribution is 5.39. The molecule has 1 aromatic carbocycles. The second-order valence-corrected chi connectivity index (χ2v) is 6.26. The van der Waals surface area contributed by atoms with Gasteiger partial charge in [-0.2, -0.15) is 0 Å². The Labute approximate surface area is 124 Å². The minimum Gasteiger partial charge on any atom is -0.494 e. The van der Waals surface area contributed by atoms with E-state index in [1.807, 2.05) is 6.92 Å². The SMILES string of the molecule is CCOc1ccc(CCCC(N)C(C)C)cc1C(C)C. The van der Waals surface area contributed by atoms with Crippen LogP contribution in [0.25, 0.3) is 0 Å². The van der Waals surface area contributed by atoms with Crippen LogP contribution in [-0.2, 0) is 6.42 Å². The Hall–Kier alpha value is -1.02. The van der Waals surface area contributed by atoms with Crippen LogP contribution in [0.15, 0.2) is 18.2 Å². The van der Waals surface area contributed by atoms with Crippen LogP contribution in [0.5, 0.6) is 5.75 Å². The van der Waals surface area contributed by atoms with Crippen LogP contribution in [0, 0.1) is 5.92 Å². The molecule has 0 aliphatic carbocycles. The molecule has 0 fully saturated rings. The fourth-order valence-corrected chi connectivity index (χ4v) is 2.37. The van der Waals surface area contributed by atoms with Gasteiger partial charge in [-0.25, -0.2) is 0 Å². The van der Waals surface area contributed by atoms with Crippen molar-refractivity contribution in [2.45, 2.75) is 65.8 Å². The third-order valence-corrected chi connectivity index (χ3v) is 3.86. The Balaban J connectivity index is 2.65. The van der Waals surface area contributed by atoms with Crippen LogP contribution < -0.4 is 10.5 Å². The van der Waals surface area contributed by atoms with Gasteiger partial charge in [0.15, 0.2) is 0 Å². The van der Waals surface area contributed by atoms with E-state index in [1.54, 1.807) is 0 Å². The average Bonchev–Trinajstić information content (AvgIpc) is 2.40. The van der Waals surface area contributed by atoms with Crippen molar-refractivity contribution in [2.24, 2.45) is 11.7 Å². The third-order valence-electron chi connectivity index (χ3n) is 3.86. The second-order valence-electron chi connectivity index (χ2n) is 6.26. The molecular formula is C18H31NO. The molecule has 114 valence electrons. The van der Waals surface area contributed by atoms with Crippen molar-refractivity contribution < 1.29 is 4.74 Å². The van der Waals surface area contributed by atoms with Crippen molar-refractivity contribution in [2.75, 3.05) is 6.61 Å². The first-order valence-electron chi connectivity index (χ1n) is 7.96. The maximum absolute atomic E-state index is 6.10. The van der Waals surface area contributed by atoms with Crippen molar-refractivity contribution >= 4 is 0 Å². The van der Waals surface area contributed by atoms with Crippen LogP contribution in [0.2, 0.25) is 0 Å². The summed E-state index contributed by atoms with van der Waals surface area (Å²) in [6.45, 7) is 11.6. The molecule has 2 heteroatoms. The summed E-state index contributed by atoms with van der Waals surface area (Å²) < 4.78 is 5.71. The first kappa shape index (κ1) is 17.0. The van der Waals surface area contributed by atoms with Gasteiger partial charge in [-0.05, 0) is 55.2 Å². The zero-order valence-electron chi connectivity index (χ0n) is 13.8. The molecule has 1 atom stereocenters. The van der Waals surface area contributed by atoms with Crippen LogP contribution >= 0.6 is 0 Å². The van der Waals surface area contributed by atoms with E-state index in [0.717, 1.165) is 31.6 Å². The number of aryl methyl sites for hydroxylation is 1. The molecule has 0 amide bonds. The van der Waals surface area contributed by atoms with E-state index in [2.05, 4.69) is 45.9 Å². The van der Waals surface area contributed by atoms with E-state index < -0.39 is 0 Å². The van der Waals surface area contributed by atoms with Crippen LogP contribution in [0.4, 0.5) is 0 Å². The Morgan fingerprint density at radius 2 is 1.85 bits per heavy atom. The van der Waals surface area contributed by atoms with Crippen molar-refractivity contribution in [1.29, 1.82) is 0 Å². The highest BCUT2D eigenvalue weighted by Crippen LogP contribution is 2.28. The minimum atomic E-state index is 0.322. The molecule has 0 heterocycles. The zero-order valence-corrected chi connectivity index (χ0v) is 13.8. The molecule has 1 rings (SSSR count). The summed E-state index contributed by atoms with van der Waals surface area (Å²) in [4.78, 5) is 0. The molecule has 0 radical (unpaired) electrons. The highest BCUT2D eigenvalue weighted by atomic mass is 16.5. The Morgan fingerprint density at radius 3 is 2.40 bits per heavy atom. The molecule has 0 aromatic heterocycles. The second kappa shape index (κ2) is 8.31. The van der Waals surface area contributed by atoms with Crippen LogP contribution in [0.1, 0.15) is 64.5 Å². The molecule has 1 unspecified atom stereocenters. The van der Waals surface area contributed by atoms with Crippen LogP contribution in [0.3, 0.4) is 0 Å². The largest absolute Gasteiger partial charge is 0.494 e. The molecule has 0 bridgehead atoms. The highest BCUT2D eigenvalue weighted by Gasteiger charge is 2.10. The van der Waals surface area contributed by atoms with Crippen molar-refractivity contribution in [1.82, 2.24) is 0 Å². The van der Waals surface area contributed by atoms with Crippen molar-refractivity contribution in [3.63, 3.8) is 0 Å². The summed E-state index contributed by atoms with van der Waals surface area (Å²) in [6, 6.07) is 6.94. The molecule has 1 aromatic rings. The van der Waals surface area contributed by atoms with Gasteiger partial charge in [0.05, 0.1) is 6.61 Å². The predicted octanol–water partition coefficient (Wildman–Crippen LogP) is 4.51. The standard InChI is InChI=1S/C18H31NO/c1-6-20-18-11-10-15(12-16(18)13(2)3)8-7-9-17(19)14(4)5/h10-14,17H,6-9,19H2,1-5H3. The first-order valence-corrected chi connectivity index (χ1v) is 7.96. The Bertz CT molecular complexity index is 398. The lowest BCUT2D eigenvalue weighted by Gasteiger charge is -2.17. The average molecular weight is 277 g/mol. The quantitative estimate of drug-likeness (QED) is 0.758. The lowest BCUT2D eigenvalue weighted by molar-refractivity contribution is 0.335. The fraction of sp³-hybridized carbons (Fsp3) is 0.667. The Morgan fingerprint density at radius 1 is 1.15 bits per heavy atom. The summed E-state index contributed by atoms with van der Waals surface area (Å²) >= 11 is 0.